The molecule has 0 fully saturated rings. The minimum absolute atomic E-state index is 0.152. The molecule has 84 heavy (non-hydrogen) atoms. The van der Waals surface area contributed by atoms with Crippen molar-refractivity contribution in [3.8, 4) is 16.8 Å². The van der Waals surface area contributed by atoms with E-state index in [2.05, 4.69) is 257 Å². The van der Waals surface area contributed by atoms with Gasteiger partial charge in [0.2, 0.25) is 0 Å². The van der Waals surface area contributed by atoms with Gasteiger partial charge in [-0.3, -0.25) is 4.57 Å². The van der Waals surface area contributed by atoms with Crippen LogP contribution in [0.1, 0.15) is 97.8 Å². The number of hydrogen-bond acceptors (Lipinski definition) is 3. The molecule has 0 spiro atoms. The van der Waals surface area contributed by atoms with E-state index in [4.69, 9.17) is 4.99 Å². The lowest BCUT2D eigenvalue weighted by Crippen LogP contribution is -2.08. The zero-order valence-corrected chi connectivity index (χ0v) is 51.1. The molecule has 5 heteroatoms. The van der Waals surface area contributed by atoms with Gasteiger partial charge in [-0.2, -0.15) is 12.6 Å². The summed E-state index contributed by atoms with van der Waals surface area (Å²) in [6.45, 7) is 26.9. The highest BCUT2D eigenvalue weighted by Crippen LogP contribution is 2.45. The summed E-state index contributed by atoms with van der Waals surface area (Å²) in [6, 6.07) is 64.6. The van der Waals surface area contributed by atoms with E-state index in [1.54, 1.807) is 6.26 Å². The van der Waals surface area contributed by atoms with E-state index in [0.717, 1.165) is 84.3 Å². The second-order valence-electron chi connectivity index (χ2n) is 20.0. The van der Waals surface area contributed by atoms with Gasteiger partial charge in [0, 0.05) is 62.1 Å². The third-order valence-electron chi connectivity index (χ3n) is 14.8. The molecule has 0 aliphatic heterocycles. The Balaban J connectivity index is 0.000000841. The van der Waals surface area contributed by atoms with Crippen molar-refractivity contribution in [2.24, 2.45) is 10.9 Å². The summed E-state index contributed by atoms with van der Waals surface area (Å²) in [5.41, 5.74) is 20.6. The number of aliphatic imine (C=N–C) groups is 1. The molecule has 2 heterocycles. The van der Waals surface area contributed by atoms with Crippen molar-refractivity contribution in [2.75, 3.05) is 6.26 Å². The number of aromatic nitrogens is 2. The molecule has 0 amide bonds. The van der Waals surface area contributed by atoms with Crippen molar-refractivity contribution >= 4 is 87.1 Å². The van der Waals surface area contributed by atoms with Gasteiger partial charge in [0.1, 0.15) is 5.82 Å². The first-order valence-corrected chi connectivity index (χ1v) is 29.9. The Morgan fingerprint density at radius 1 is 0.702 bits per heavy atom. The first kappa shape index (κ1) is 62.3. The molecule has 0 bridgehead atoms. The lowest BCUT2D eigenvalue weighted by atomic mass is 9.92. The average Bonchev–Trinajstić information content (AvgIpc) is 2.58. The number of benzene rings is 7. The van der Waals surface area contributed by atoms with Crippen molar-refractivity contribution < 1.29 is 0 Å². The Morgan fingerprint density at radius 3 is 1.88 bits per heavy atom. The zero-order chi connectivity index (χ0) is 60.0. The monoisotopic (exact) mass is 1120 g/mol. The molecule has 1 atom stereocenters. The number of para-hydroxylation sites is 1. The number of nitrogens with one attached hydrogen (secondary N) is 1. The van der Waals surface area contributed by atoms with Crippen LogP contribution in [0.15, 0.2) is 267 Å². The van der Waals surface area contributed by atoms with Crippen LogP contribution < -0.4 is 0 Å². The first-order chi connectivity index (χ1) is 41.2. The molecule has 0 radical (unpaired) electrons. The Kier molecular flexibility index (Phi) is 23.2. The zero-order valence-electron chi connectivity index (χ0n) is 50.2. The third kappa shape index (κ3) is 14.5. The number of thiol groups is 1. The second kappa shape index (κ2) is 31.2. The van der Waals surface area contributed by atoms with Gasteiger partial charge in [0.05, 0.1) is 16.7 Å². The maximum Gasteiger partial charge on any atom is 0.138 e. The third-order valence-corrected chi connectivity index (χ3v) is 14.8. The molecule has 422 valence electrons. The summed E-state index contributed by atoms with van der Waals surface area (Å²) in [5, 5.41) is 11.5. The van der Waals surface area contributed by atoms with Crippen LogP contribution in [0.2, 0.25) is 0 Å². The smallest absolute Gasteiger partial charge is 0.138 e. The lowest BCUT2D eigenvalue weighted by Gasteiger charge is -2.16. The maximum absolute atomic E-state index is 9.29. The van der Waals surface area contributed by atoms with Crippen molar-refractivity contribution in [3.05, 3.63) is 312 Å². The van der Waals surface area contributed by atoms with Gasteiger partial charge in [0.25, 0.3) is 0 Å². The van der Waals surface area contributed by atoms with Crippen LogP contribution in [0.3, 0.4) is 0 Å². The molecular weight excluding hydrogens is 1040 g/mol. The van der Waals surface area contributed by atoms with Gasteiger partial charge in [-0.25, -0.2) is 4.99 Å². The summed E-state index contributed by atoms with van der Waals surface area (Å²) in [7, 11) is 0. The molecule has 1 unspecified atom stereocenters. The predicted octanol–water partition coefficient (Wildman–Crippen LogP) is 22.1. The molecule has 1 aliphatic rings. The number of nitrogens with zero attached hydrogens (tertiary/aromatic N) is 3. The highest BCUT2D eigenvalue weighted by atomic mass is 32.1. The lowest BCUT2D eigenvalue weighted by molar-refractivity contribution is 0.986. The number of hydrogen-bond donors (Lipinski definition) is 2. The second-order valence-corrected chi connectivity index (χ2v) is 20.0. The van der Waals surface area contributed by atoms with Gasteiger partial charge in [0.15, 0.2) is 0 Å². The van der Waals surface area contributed by atoms with E-state index < -0.39 is 0 Å². The Labute approximate surface area is 506 Å². The molecule has 0 saturated heterocycles. The molecule has 9 aromatic rings. The molecule has 7 aromatic carbocycles. The summed E-state index contributed by atoms with van der Waals surface area (Å²) < 4.78 is 4.64. The minimum atomic E-state index is -0.152. The highest BCUT2D eigenvalue weighted by molar-refractivity contribution is 7.79. The van der Waals surface area contributed by atoms with Gasteiger partial charge < -0.3 is 9.98 Å². The summed E-state index contributed by atoms with van der Waals surface area (Å²) in [5.74, 6) is 0.430. The van der Waals surface area contributed by atoms with E-state index in [0.29, 0.717) is 18.0 Å². The fourth-order valence-corrected chi connectivity index (χ4v) is 10.6. The number of fused-ring (bicyclic) bond motifs is 4. The predicted molar refractivity (Wildman–Crippen MR) is 376 cm³/mol. The van der Waals surface area contributed by atoms with Gasteiger partial charge in [-0.05, 0) is 147 Å². The van der Waals surface area contributed by atoms with Crippen molar-refractivity contribution in [3.63, 3.8) is 0 Å². The van der Waals surface area contributed by atoms with Crippen LogP contribution in [-0.4, -0.2) is 27.8 Å². The molecule has 2 aromatic heterocycles. The highest BCUT2D eigenvalue weighted by Gasteiger charge is 2.26. The van der Waals surface area contributed by atoms with E-state index in [9.17, 15) is 5.41 Å². The molecule has 1 aliphatic carbocycles. The molecular formula is C79H80N4S. The Hall–Kier alpha value is -9.29. The molecule has 10 rings (SSSR count). The molecule has 4 nitrogen and oxygen atoms in total. The standard InChI is InChI=1S/C69H62N4.C7H8.C2H6.CH4S/c1-8-12-18-28-48(5)65(70)47-67(71-7)72-49(6)60(63-46-57(53-32-22-15-23-33-53)45-61(69(63)72)50(10-3)29-19-13-9-2)42-51(11-4)55-39-41-66-62(43-55)64-44-56(52-30-20-14-21-31-52)38-40-59(54-34-24-16-25-35-54)68(64)73(66)58-36-26-17-27-37-58;1-7-5-3-2-4-6-7;2*1-2/h8-28,30-37,39-48,70H,2,4,7,29,38H2,1,3,5-6H3;2-6H,1H3;1-2H3;2H,1H3/b12-8-,19-13?,28-18-,50-10+,51-42+,67-47+,70-65?;;;. The van der Waals surface area contributed by atoms with Gasteiger partial charge in [-0.1, -0.05) is 246 Å². The van der Waals surface area contributed by atoms with E-state index in [-0.39, 0.29) is 5.92 Å². The summed E-state index contributed by atoms with van der Waals surface area (Å²) >= 11 is 3.53. The van der Waals surface area contributed by atoms with Crippen molar-refractivity contribution in [1.29, 1.82) is 5.41 Å². The number of allylic oxidation sites excluding steroid dienone is 14. The van der Waals surface area contributed by atoms with E-state index in [1.807, 2.05) is 94.5 Å². The van der Waals surface area contributed by atoms with Crippen molar-refractivity contribution in [1.82, 2.24) is 9.13 Å². The normalized spacial score (nSPS) is 12.9. The molecule has 0 saturated carbocycles. The van der Waals surface area contributed by atoms with Crippen LogP contribution >= 0.6 is 12.6 Å². The maximum atomic E-state index is 9.29. The van der Waals surface area contributed by atoms with Crippen LogP contribution in [0.4, 0.5) is 0 Å². The van der Waals surface area contributed by atoms with Crippen LogP contribution in [0.25, 0.3) is 78.9 Å². The fourth-order valence-electron chi connectivity index (χ4n) is 10.6. The van der Waals surface area contributed by atoms with Gasteiger partial charge >= 0.3 is 0 Å². The first-order valence-electron chi connectivity index (χ1n) is 29.0. The number of aryl methyl sites for hydroxylation is 1. The minimum Gasteiger partial charge on any atom is -0.309 e. The van der Waals surface area contributed by atoms with Gasteiger partial charge in [-0.15, -0.1) is 0 Å². The average molecular weight is 1120 g/mol. The van der Waals surface area contributed by atoms with E-state index >= 15 is 0 Å². The number of rotatable bonds is 17. The van der Waals surface area contributed by atoms with Crippen LogP contribution in [0.5, 0.6) is 0 Å². The Morgan fingerprint density at radius 2 is 1.31 bits per heavy atom. The summed E-state index contributed by atoms with van der Waals surface area (Å²) in [6.07, 6.45) is 30.3. The van der Waals surface area contributed by atoms with E-state index in [1.165, 1.54) is 33.4 Å². The SMILES string of the molecule is C=CC=CC/C(=C\C)c1cc(-c2ccccc2)cc2c(/C=C(\C=C)c3ccc4c(c3)c3c(n4-c4ccccc4)C(c4ccccc4)=CCC(c4ccccc4)=C3)c(C)n(/C(=C/C(=N)C(C)/C=C\C=C/C)N=C)c12.CC.CS.Cc1ccccc1. The van der Waals surface area contributed by atoms with Crippen molar-refractivity contribution in [2.45, 2.75) is 61.3 Å². The Bertz CT molecular complexity index is 3970. The quantitative estimate of drug-likeness (QED) is 0.0519. The summed E-state index contributed by atoms with van der Waals surface area (Å²) in [4.78, 5) is 4.70. The van der Waals surface area contributed by atoms with Crippen LogP contribution in [0, 0.1) is 25.2 Å². The topological polar surface area (TPSA) is 46.1 Å². The molecule has 1 N–H and O–H groups in total. The largest absolute Gasteiger partial charge is 0.309 e. The van der Waals surface area contributed by atoms with Crippen LogP contribution in [-0.2, 0) is 0 Å². The fraction of sp³-hybridized carbons (Fsp3) is 0.139.